The first-order chi connectivity index (χ1) is 12.3. The second-order valence-electron chi connectivity index (χ2n) is 7.95. The molecule has 0 radical (unpaired) electrons. The van der Waals surface area contributed by atoms with Crippen molar-refractivity contribution in [2.24, 2.45) is 5.92 Å². The van der Waals surface area contributed by atoms with Crippen LogP contribution in [0.1, 0.15) is 56.9 Å². The molecule has 25 heavy (non-hydrogen) atoms. The van der Waals surface area contributed by atoms with E-state index in [0.29, 0.717) is 12.1 Å². The molecule has 3 atom stereocenters. The van der Waals surface area contributed by atoms with E-state index in [-0.39, 0.29) is 0 Å². The van der Waals surface area contributed by atoms with E-state index in [2.05, 4.69) is 36.2 Å². The Morgan fingerprint density at radius 1 is 1.08 bits per heavy atom. The maximum Gasteiger partial charge on any atom is 0.122 e. The van der Waals surface area contributed by atoms with Crippen LogP contribution in [0.3, 0.4) is 0 Å². The summed E-state index contributed by atoms with van der Waals surface area (Å²) >= 11 is 0. The summed E-state index contributed by atoms with van der Waals surface area (Å²) in [7, 11) is 4.10. The van der Waals surface area contributed by atoms with Crippen molar-refractivity contribution in [3.63, 3.8) is 0 Å². The molecule has 2 fully saturated rings. The minimum absolute atomic E-state index is 0.480. The van der Waals surface area contributed by atoms with Gasteiger partial charge in [-0.25, -0.2) is 0 Å². The fourth-order valence-corrected chi connectivity index (χ4v) is 4.58. The highest BCUT2D eigenvalue weighted by molar-refractivity contribution is 5.33. The smallest absolute Gasteiger partial charge is 0.122 e. The highest BCUT2D eigenvalue weighted by atomic mass is 16.5. The van der Waals surface area contributed by atoms with E-state index in [1.165, 1.54) is 57.1 Å². The number of benzene rings is 1. The van der Waals surface area contributed by atoms with Crippen LogP contribution in [0.15, 0.2) is 24.3 Å². The Bertz CT molecular complexity index is 519. The molecule has 1 saturated heterocycles. The minimum Gasteiger partial charge on any atom is -0.493 e. The Morgan fingerprint density at radius 3 is 2.76 bits per heavy atom. The third-order valence-electron chi connectivity index (χ3n) is 6.24. The molecule has 3 rings (SSSR count). The van der Waals surface area contributed by atoms with Gasteiger partial charge in [-0.3, -0.25) is 0 Å². The van der Waals surface area contributed by atoms with E-state index < -0.39 is 0 Å². The molecule has 0 N–H and O–H groups in total. The molecule has 2 aliphatic rings. The Balaban J connectivity index is 1.47. The van der Waals surface area contributed by atoms with E-state index in [4.69, 9.17) is 9.47 Å². The van der Waals surface area contributed by atoms with Crippen LogP contribution in [0, 0.1) is 5.92 Å². The van der Waals surface area contributed by atoms with Gasteiger partial charge in [0, 0.05) is 13.2 Å². The molecule has 0 amide bonds. The van der Waals surface area contributed by atoms with Crippen LogP contribution in [0.5, 0.6) is 5.75 Å². The van der Waals surface area contributed by atoms with Gasteiger partial charge in [0.25, 0.3) is 0 Å². The Labute approximate surface area is 153 Å². The van der Waals surface area contributed by atoms with Crippen LogP contribution in [-0.4, -0.2) is 44.4 Å². The van der Waals surface area contributed by atoms with Gasteiger partial charge in [0.1, 0.15) is 5.75 Å². The third kappa shape index (κ3) is 5.46. The largest absolute Gasteiger partial charge is 0.493 e. The monoisotopic (exact) mass is 345 g/mol. The summed E-state index contributed by atoms with van der Waals surface area (Å²) < 4.78 is 11.8. The molecule has 1 aromatic carbocycles. The summed E-state index contributed by atoms with van der Waals surface area (Å²) in [6.07, 6.45) is 11.8. The quantitative estimate of drug-likeness (QED) is 0.682. The SMILES string of the molecule is COC1CCCC(CCc2ccccc2OCCC2CCCN2C)C1. The van der Waals surface area contributed by atoms with Gasteiger partial charge in [-0.1, -0.05) is 31.0 Å². The lowest BCUT2D eigenvalue weighted by molar-refractivity contribution is 0.0491. The topological polar surface area (TPSA) is 21.7 Å². The zero-order valence-electron chi connectivity index (χ0n) is 16.1. The maximum atomic E-state index is 6.18. The first-order valence-electron chi connectivity index (χ1n) is 10.2. The standard InChI is InChI=1S/C22H35NO2/c1-23-15-6-9-20(23)14-16-25-22-11-4-3-8-19(22)13-12-18-7-5-10-21(17-18)24-2/h3-4,8,11,18,20-21H,5-7,9-10,12-17H2,1-2H3. The molecule has 3 unspecified atom stereocenters. The number of aryl methyl sites for hydroxylation is 1. The van der Waals surface area contributed by atoms with Crippen molar-refractivity contribution in [1.29, 1.82) is 0 Å². The molecule has 3 nitrogen and oxygen atoms in total. The molecular weight excluding hydrogens is 310 g/mol. The lowest BCUT2D eigenvalue weighted by Crippen LogP contribution is -2.26. The Kier molecular flexibility index (Phi) is 7.18. The molecule has 0 spiro atoms. The molecule has 1 saturated carbocycles. The van der Waals surface area contributed by atoms with Crippen LogP contribution in [-0.2, 0) is 11.2 Å². The van der Waals surface area contributed by atoms with E-state index in [0.717, 1.165) is 31.1 Å². The number of methoxy groups -OCH3 is 1. The van der Waals surface area contributed by atoms with E-state index in [1.807, 2.05) is 7.11 Å². The van der Waals surface area contributed by atoms with Gasteiger partial charge in [0.2, 0.25) is 0 Å². The summed E-state index contributed by atoms with van der Waals surface area (Å²) in [5, 5.41) is 0. The maximum absolute atomic E-state index is 6.18. The molecule has 0 bridgehead atoms. The van der Waals surface area contributed by atoms with Crippen LogP contribution in [0.2, 0.25) is 0 Å². The minimum atomic E-state index is 0.480. The Morgan fingerprint density at radius 2 is 1.96 bits per heavy atom. The van der Waals surface area contributed by atoms with Crippen molar-refractivity contribution in [3.8, 4) is 5.75 Å². The summed E-state index contributed by atoms with van der Waals surface area (Å²) in [5.74, 6) is 1.90. The lowest BCUT2D eigenvalue weighted by Gasteiger charge is -2.28. The lowest BCUT2D eigenvalue weighted by atomic mass is 9.83. The number of nitrogens with zero attached hydrogens (tertiary/aromatic N) is 1. The molecule has 0 aromatic heterocycles. The van der Waals surface area contributed by atoms with Gasteiger partial charge in [-0.05, 0) is 76.1 Å². The highest BCUT2D eigenvalue weighted by Gasteiger charge is 2.22. The van der Waals surface area contributed by atoms with Crippen molar-refractivity contribution in [2.75, 3.05) is 27.3 Å². The van der Waals surface area contributed by atoms with Gasteiger partial charge in [0.05, 0.1) is 12.7 Å². The molecule has 1 aliphatic carbocycles. The molecule has 3 heteroatoms. The zero-order chi connectivity index (χ0) is 17.5. The van der Waals surface area contributed by atoms with Crippen LogP contribution in [0.4, 0.5) is 0 Å². The Hall–Kier alpha value is -1.06. The molecule has 1 heterocycles. The average Bonchev–Trinajstić information content (AvgIpc) is 3.06. The number of ether oxygens (including phenoxy) is 2. The van der Waals surface area contributed by atoms with Crippen molar-refractivity contribution in [1.82, 2.24) is 4.90 Å². The second kappa shape index (κ2) is 9.59. The molecule has 1 aliphatic heterocycles. The number of hydrogen-bond acceptors (Lipinski definition) is 3. The van der Waals surface area contributed by atoms with Crippen LogP contribution < -0.4 is 4.74 Å². The number of para-hydroxylation sites is 1. The normalized spacial score (nSPS) is 27.5. The number of rotatable bonds is 8. The molecule has 140 valence electrons. The van der Waals surface area contributed by atoms with Crippen molar-refractivity contribution >= 4 is 0 Å². The fourth-order valence-electron chi connectivity index (χ4n) is 4.58. The number of likely N-dealkylation sites (tertiary alicyclic amines) is 1. The van der Waals surface area contributed by atoms with E-state index in [1.54, 1.807) is 0 Å². The predicted octanol–water partition coefficient (Wildman–Crippen LogP) is 4.69. The van der Waals surface area contributed by atoms with E-state index in [9.17, 15) is 0 Å². The van der Waals surface area contributed by atoms with Crippen LogP contribution >= 0.6 is 0 Å². The summed E-state index contributed by atoms with van der Waals surface area (Å²) in [4.78, 5) is 2.48. The third-order valence-corrected chi connectivity index (χ3v) is 6.24. The molecule has 1 aromatic rings. The van der Waals surface area contributed by atoms with Crippen LogP contribution in [0.25, 0.3) is 0 Å². The fraction of sp³-hybridized carbons (Fsp3) is 0.727. The van der Waals surface area contributed by atoms with Gasteiger partial charge in [-0.2, -0.15) is 0 Å². The molecular formula is C22H35NO2. The average molecular weight is 346 g/mol. The summed E-state index contributed by atoms with van der Waals surface area (Å²) in [6.45, 7) is 2.08. The van der Waals surface area contributed by atoms with Crippen molar-refractivity contribution < 1.29 is 9.47 Å². The predicted molar refractivity (Wildman–Crippen MR) is 103 cm³/mol. The summed E-state index contributed by atoms with van der Waals surface area (Å²) in [5.41, 5.74) is 1.38. The van der Waals surface area contributed by atoms with Gasteiger partial charge >= 0.3 is 0 Å². The van der Waals surface area contributed by atoms with Crippen molar-refractivity contribution in [2.45, 2.75) is 69.9 Å². The second-order valence-corrected chi connectivity index (χ2v) is 7.95. The first-order valence-corrected chi connectivity index (χ1v) is 10.2. The van der Waals surface area contributed by atoms with Gasteiger partial charge in [-0.15, -0.1) is 0 Å². The highest BCUT2D eigenvalue weighted by Crippen LogP contribution is 2.31. The van der Waals surface area contributed by atoms with Gasteiger partial charge < -0.3 is 14.4 Å². The summed E-state index contributed by atoms with van der Waals surface area (Å²) in [6, 6.07) is 9.34. The van der Waals surface area contributed by atoms with Crippen molar-refractivity contribution in [3.05, 3.63) is 29.8 Å². The van der Waals surface area contributed by atoms with E-state index >= 15 is 0 Å². The van der Waals surface area contributed by atoms with Gasteiger partial charge in [0.15, 0.2) is 0 Å². The first kappa shape index (κ1) is 18.7. The number of hydrogen-bond donors (Lipinski definition) is 0. The zero-order valence-corrected chi connectivity index (χ0v) is 16.1.